The number of guanidine groups is 1. The molecule has 4 heterocycles. The van der Waals surface area contributed by atoms with Gasteiger partial charge in [-0.05, 0) is 39.0 Å². The molecule has 5 rings (SSSR count). The topological polar surface area (TPSA) is 66.6 Å². The van der Waals surface area contributed by atoms with E-state index in [-0.39, 0.29) is 28.9 Å². The van der Waals surface area contributed by atoms with Crippen LogP contribution >= 0.6 is 11.6 Å². The molecule has 10 heteroatoms. The molecule has 0 atom stereocenters. The van der Waals surface area contributed by atoms with Crippen molar-refractivity contribution in [2.75, 3.05) is 18.0 Å². The van der Waals surface area contributed by atoms with Gasteiger partial charge in [-0.15, -0.1) is 0 Å². The van der Waals surface area contributed by atoms with Gasteiger partial charge < -0.3 is 4.57 Å². The number of hydrogen-bond donors (Lipinski definition) is 0. The van der Waals surface area contributed by atoms with Crippen LogP contribution in [0, 0.1) is 11.6 Å². The monoisotopic (exact) mass is 470 g/mol. The number of fused-ring (bicyclic) bond motifs is 3. The minimum atomic E-state index is -0.677. The molecule has 0 aliphatic carbocycles. The molecule has 2 aliphatic rings. The van der Waals surface area contributed by atoms with Crippen LogP contribution in [0.3, 0.4) is 0 Å². The minimum absolute atomic E-state index is 0.0351. The summed E-state index contributed by atoms with van der Waals surface area (Å²) >= 11 is 6.12. The van der Waals surface area contributed by atoms with E-state index >= 15 is 0 Å². The van der Waals surface area contributed by atoms with Gasteiger partial charge in [-0.2, -0.15) is 0 Å². The lowest BCUT2D eigenvalue weighted by molar-refractivity contribution is 0.0841. The van der Waals surface area contributed by atoms with Gasteiger partial charge in [0.1, 0.15) is 28.4 Å². The molecule has 0 saturated heterocycles. The molecule has 1 amide bonds. The second-order valence-corrected chi connectivity index (χ2v) is 9.04. The Morgan fingerprint density at radius 3 is 2.67 bits per heavy atom. The number of carbonyl (C=O) groups is 1. The number of aliphatic imine (C=N–C) groups is 1. The van der Waals surface area contributed by atoms with E-state index in [1.54, 1.807) is 27.8 Å². The van der Waals surface area contributed by atoms with Gasteiger partial charge in [-0.3, -0.25) is 14.6 Å². The normalized spacial score (nSPS) is 16.7. The largest absolute Gasteiger partial charge is 0.305 e. The first-order valence-corrected chi connectivity index (χ1v) is 10.9. The average molecular weight is 471 g/mol. The number of carbonyl (C=O) groups excluding carboxylic acids is 1. The highest BCUT2D eigenvalue weighted by atomic mass is 35.5. The molecule has 1 aromatic carbocycles. The molecule has 7 nitrogen and oxygen atoms in total. The van der Waals surface area contributed by atoms with Crippen molar-refractivity contribution in [3.05, 3.63) is 64.6 Å². The van der Waals surface area contributed by atoms with Crippen LogP contribution in [0.5, 0.6) is 0 Å². The van der Waals surface area contributed by atoms with Crippen molar-refractivity contribution in [3.63, 3.8) is 0 Å². The van der Waals surface area contributed by atoms with Crippen LogP contribution in [0.1, 0.15) is 36.8 Å². The Labute approximate surface area is 194 Å². The molecular weight excluding hydrogens is 450 g/mol. The molecule has 0 spiro atoms. The number of aromatic nitrogens is 3. The predicted octanol–water partition coefficient (Wildman–Crippen LogP) is 4.36. The second kappa shape index (κ2) is 7.62. The van der Waals surface area contributed by atoms with Crippen LogP contribution in [0.2, 0.25) is 5.15 Å². The van der Waals surface area contributed by atoms with Gasteiger partial charge in [0, 0.05) is 29.9 Å². The number of halogens is 3. The molecule has 2 aromatic heterocycles. The molecule has 0 saturated carbocycles. The number of amides is 1. The van der Waals surface area contributed by atoms with Crippen LogP contribution in [0.25, 0.3) is 11.4 Å². The summed E-state index contributed by atoms with van der Waals surface area (Å²) in [5, 5.41) is 0.263. The Balaban J connectivity index is 1.75. The lowest BCUT2D eigenvalue weighted by atomic mass is 10.1. The number of nitrogens with zero attached hydrogens (tertiary/aromatic N) is 6. The van der Waals surface area contributed by atoms with Crippen molar-refractivity contribution in [2.24, 2.45) is 4.99 Å². The molecule has 2 aliphatic heterocycles. The van der Waals surface area contributed by atoms with Gasteiger partial charge in [0.05, 0.1) is 18.6 Å². The van der Waals surface area contributed by atoms with E-state index in [1.807, 2.05) is 25.7 Å². The van der Waals surface area contributed by atoms with Crippen LogP contribution in [0.15, 0.2) is 41.5 Å². The van der Waals surface area contributed by atoms with E-state index in [1.165, 1.54) is 12.1 Å². The van der Waals surface area contributed by atoms with E-state index in [4.69, 9.17) is 16.6 Å². The minimum Gasteiger partial charge on any atom is -0.305 e. The molecule has 0 unspecified atom stereocenters. The van der Waals surface area contributed by atoms with E-state index in [0.29, 0.717) is 36.3 Å². The zero-order valence-corrected chi connectivity index (χ0v) is 19.1. The van der Waals surface area contributed by atoms with Gasteiger partial charge >= 0.3 is 0 Å². The summed E-state index contributed by atoms with van der Waals surface area (Å²) in [6, 6.07) is 6.81. The van der Waals surface area contributed by atoms with Gasteiger partial charge in [0.15, 0.2) is 5.69 Å². The lowest BCUT2D eigenvalue weighted by Gasteiger charge is -2.34. The fourth-order valence-corrected chi connectivity index (χ4v) is 4.47. The number of hydrogen-bond acceptors (Lipinski definition) is 5. The molecular formula is C23H21ClF2N6O. The van der Waals surface area contributed by atoms with Gasteiger partial charge in [0.25, 0.3) is 5.91 Å². The maximum Gasteiger partial charge on any atom is 0.283 e. The fourth-order valence-electron chi connectivity index (χ4n) is 4.30. The van der Waals surface area contributed by atoms with Crippen LogP contribution < -0.4 is 4.90 Å². The summed E-state index contributed by atoms with van der Waals surface area (Å²) in [5.74, 6) is -0.109. The summed E-state index contributed by atoms with van der Waals surface area (Å²) in [4.78, 5) is 30.4. The number of anilines is 1. The zero-order chi connectivity index (χ0) is 23.5. The van der Waals surface area contributed by atoms with E-state index < -0.39 is 17.2 Å². The molecule has 170 valence electrons. The van der Waals surface area contributed by atoms with E-state index in [0.717, 1.165) is 6.07 Å². The first-order chi connectivity index (χ1) is 15.7. The first-order valence-electron chi connectivity index (χ1n) is 10.5. The van der Waals surface area contributed by atoms with Crippen LogP contribution in [0.4, 0.5) is 14.6 Å². The predicted molar refractivity (Wildman–Crippen MR) is 121 cm³/mol. The summed E-state index contributed by atoms with van der Waals surface area (Å²) in [6.45, 7) is 6.84. The summed E-state index contributed by atoms with van der Waals surface area (Å²) in [7, 11) is 0. The molecule has 0 bridgehead atoms. The van der Waals surface area contributed by atoms with Crippen LogP contribution in [-0.2, 0) is 6.54 Å². The third-order valence-corrected chi connectivity index (χ3v) is 5.93. The van der Waals surface area contributed by atoms with E-state index in [9.17, 15) is 13.6 Å². The lowest BCUT2D eigenvalue weighted by Crippen LogP contribution is -2.51. The second-order valence-electron chi connectivity index (χ2n) is 8.66. The van der Waals surface area contributed by atoms with Crippen molar-refractivity contribution in [2.45, 2.75) is 32.9 Å². The van der Waals surface area contributed by atoms with E-state index in [2.05, 4.69) is 9.97 Å². The molecule has 0 radical (unpaired) electrons. The summed E-state index contributed by atoms with van der Waals surface area (Å²) in [5.41, 5.74) is 0.708. The standard InChI is InChI=1S/C23H21ClF2N6O/c1-4-30-21(33)18-20(32-12-23(2,3)29-22(30)32)31(11-14-5-6-15(25)10-16(14)26)19(28-18)13-7-8-27-17(24)9-13/h5-10H,4,11-12H2,1-3H3. The number of benzene rings is 1. The number of imidazole rings is 1. The SMILES string of the molecule is CCN1C(=O)c2nc(-c3ccnc(Cl)c3)n(Cc3ccc(F)cc3F)c2N2CC(C)(C)N=C12. The van der Waals surface area contributed by atoms with Gasteiger partial charge in [-0.1, -0.05) is 17.7 Å². The van der Waals surface area contributed by atoms with Crippen molar-refractivity contribution in [3.8, 4) is 11.4 Å². The molecule has 3 aromatic rings. The smallest absolute Gasteiger partial charge is 0.283 e. The average Bonchev–Trinajstić information content (AvgIpc) is 3.27. The van der Waals surface area contributed by atoms with Crippen molar-refractivity contribution < 1.29 is 13.6 Å². The highest BCUT2D eigenvalue weighted by molar-refractivity contribution is 6.29. The number of pyridine rings is 1. The van der Waals surface area contributed by atoms with Crippen molar-refractivity contribution >= 4 is 29.3 Å². The maximum absolute atomic E-state index is 14.6. The third kappa shape index (κ3) is 3.56. The first kappa shape index (κ1) is 21.5. The Kier molecular flexibility index (Phi) is 4.97. The van der Waals surface area contributed by atoms with Gasteiger partial charge in [-0.25, -0.2) is 23.7 Å². The van der Waals surface area contributed by atoms with Crippen molar-refractivity contribution in [1.29, 1.82) is 0 Å². The highest BCUT2D eigenvalue weighted by Gasteiger charge is 2.45. The highest BCUT2D eigenvalue weighted by Crippen LogP contribution is 2.38. The van der Waals surface area contributed by atoms with Crippen LogP contribution in [-0.4, -0.2) is 49.9 Å². The Hall–Kier alpha value is -3.33. The molecule has 0 N–H and O–H groups in total. The molecule has 33 heavy (non-hydrogen) atoms. The fraction of sp³-hybridized carbons (Fsp3) is 0.304. The molecule has 0 fully saturated rings. The summed E-state index contributed by atoms with van der Waals surface area (Å²) < 4.78 is 29.9. The number of rotatable bonds is 4. The zero-order valence-electron chi connectivity index (χ0n) is 18.3. The Bertz CT molecular complexity index is 1320. The maximum atomic E-state index is 14.6. The van der Waals surface area contributed by atoms with Crippen molar-refractivity contribution in [1.82, 2.24) is 19.4 Å². The Morgan fingerprint density at radius 2 is 1.97 bits per heavy atom. The van der Waals surface area contributed by atoms with Gasteiger partial charge in [0.2, 0.25) is 5.96 Å². The summed E-state index contributed by atoms with van der Waals surface area (Å²) in [6.07, 6.45) is 1.54. The quantitative estimate of drug-likeness (QED) is 0.531. The third-order valence-electron chi connectivity index (χ3n) is 5.72. The Morgan fingerprint density at radius 1 is 1.18 bits per heavy atom.